The molecule has 1 aliphatic heterocycles. The zero-order chi connectivity index (χ0) is 26.2. The van der Waals surface area contributed by atoms with Crippen molar-refractivity contribution in [3.05, 3.63) is 77.6 Å². The van der Waals surface area contributed by atoms with Crippen LogP contribution in [0.2, 0.25) is 5.02 Å². The largest absolute Gasteiger partial charge is 0.494 e. The van der Waals surface area contributed by atoms with E-state index in [0.717, 1.165) is 5.39 Å². The van der Waals surface area contributed by atoms with Gasteiger partial charge < -0.3 is 19.1 Å². The molecule has 5 nitrogen and oxygen atoms in total. The zero-order valence-corrected chi connectivity index (χ0v) is 22.4. The minimum atomic E-state index is -0.594. The lowest BCUT2D eigenvalue weighted by atomic mass is 9.78. The number of anilines is 1. The van der Waals surface area contributed by atoms with Crippen LogP contribution in [0.1, 0.15) is 54.0 Å². The molecule has 2 aromatic carbocycles. The fourth-order valence-corrected chi connectivity index (χ4v) is 3.36. The molecule has 0 spiro atoms. The normalized spacial score (nSPS) is 15.9. The van der Waals surface area contributed by atoms with Crippen LogP contribution >= 0.6 is 11.6 Å². The van der Waals surface area contributed by atoms with E-state index in [0.29, 0.717) is 27.4 Å². The van der Waals surface area contributed by atoms with Crippen molar-refractivity contribution in [2.45, 2.75) is 66.2 Å². The standard InChI is InChI=1S/C20H21BClFN2O3.C5H8.C2H6/c1-19(2)20(3,4)28-21(27-19)13-6-5-12(16(23)9-13)11-24-18-15-10-14(22)7-8-17(15)26-25-18;1-3-5-4-2;1-2/h5-10H,11H2,1-4H3,(H,24,25);3-5H,1H2,2H3;1-2H3/b;5-4+;. The molecule has 0 bridgehead atoms. The Labute approximate surface area is 213 Å². The number of hydrogen-bond donors (Lipinski definition) is 1. The number of allylic oxidation sites excluding steroid dienone is 3. The highest BCUT2D eigenvalue weighted by atomic mass is 35.5. The number of hydrogen-bond acceptors (Lipinski definition) is 5. The quantitative estimate of drug-likeness (QED) is 0.294. The number of nitrogens with one attached hydrogen (secondary N) is 1. The summed E-state index contributed by atoms with van der Waals surface area (Å²) in [7, 11) is -0.594. The number of rotatable bonds is 5. The van der Waals surface area contributed by atoms with Crippen molar-refractivity contribution in [1.82, 2.24) is 5.16 Å². The summed E-state index contributed by atoms with van der Waals surface area (Å²) in [4.78, 5) is 0. The Balaban J connectivity index is 0.000000551. The molecule has 188 valence electrons. The van der Waals surface area contributed by atoms with Crippen molar-refractivity contribution in [1.29, 1.82) is 0 Å². The summed E-state index contributed by atoms with van der Waals surface area (Å²) in [6, 6.07) is 10.2. The van der Waals surface area contributed by atoms with Crippen molar-refractivity contribution in [3.63, 3.8) is 0 Å². The van der Waals surface area contributed by atoms with Crippen LogP contribution in [0.5, 0.6) is 0 Å². The van der Waals surface area contributed by atoms with Crippen LogP contribution in [-0.2, 0) is 15.9 Å². The van der Waals surface area contributed by atoms with Gasteiger partial charge in [0.2, 0.25) is 0 Å². The van der Waals surface area contributed by atoms with Gasteiger partial charge in [-0.2, -0.15) is 0 Å². The number of fused-ring (bicyclic) bond motifs is 1. The minimum absolute atomic E-state index is 0.254. The molecule has 0 aliphatic carbocycles. The number of aromatic nitrogens is 1. The molecule has 1 aliphatic rings. The first-order valence-electron chi connectivity index (χ1n) is 11.7. The van der Waals surface area contributed by atoms with E-state index in [2.05, 4.69) is 17.1 Å². The fraction of sp³-hybridized carbons (Fsp3) is 0.370. The van der Waals surface area contributed by atoms with Gasteiger partial charge in [-0.1, -0.05) is 67.5 Å². The lowest BCUT2D eigenvalue weighted by Gasteiger charge is -2.32. The summed E-state index contributed by atoms with van der Waals surface area (Å²) in [5.41, 5.74) is 0.827. The maximum atomic E-state index is 14.7. The molecule has 0 unspecified atom stereocenters. The Morgan fingerprint density at radius 3 is 2.29 bits per heavy atom. The monoisotopic (exact) mass is 500 g/mol. The van der Waals surface area contributed by atoms with Gasteiger partial charge in [0.15, 0.2) is 11.4 Å². The third kappa shape index (κ3) is 6.97. The fourth-order valence-electron chi connectivity index (χ4n) is 3.19. The molecular weight excluding hydrogens is 466 g/mol. The number of benzene rings is 2. The second-order valence-corrected chi connectivity index (χ2v) is 9.16. The van der Waals surface area contributed by atoms with Crippen LogP contribution in [0.4, 0.5) is 10.2 Å². The molecule has 1 fully saturated rings. The first-order chi connectivity index (χ1) is 16.6. The van der Waals surface area contributed by atoms with Crippen molar-refractivity contribution in [3.8, 4) is 0 Å². The van der Waals surface area contributed by atoms with Gasteiger partial charge in [-0.15, -0.1) is 0 Å². The second kappa shape index (κ2) is 12.4. The maximum Gasteiger partial charge on any atom is 0.494 e. The number of nitrogens with zero attached hydrogens (tertiary/aromatic N) is 1. The van der Waals surface area contributed by atoms with Crippen molar-refractivity contribution in [2.24, 2.45) is 0 Å². The lowest BCUT2D eigenvalue weighted by molar-refractivity contribution is 0.00578. The second-order valence-electron chi connectivity index (χ2n) is 8.73. The molecule has 8 heteroatoms. The Bertz CT molecular complexity index is 1140. The average molecular weight is 501 g/mol. The van der Waals surface area contributed by atoms with E-state index in [-0.39, 0.29) is 12.4 Å². The SMILES string of the molecule is C=C/C=C/C.CC.CC1(C)OB(c2ccc(CNc3noc4ccc(Cl)cc34)c(F)c2)OC1(C)C. The molecule has 0 amide bonds. The van der Waals surface area contributed by atoms with E-state index in [4.69, 9.17) is 25.4 Å². The van der Waals surface area contributed by atoms with Crippen LogP contribution in [0.3, 0.4) is 0 Å². The minimum Gasteiger partial charge on any atom is -0.399 e. The highest BCUT2D eigenvalue weighted by molar-refractivity contribution is 6.62. The van der Waals surface area contributed by atoms with Crippen molar-refractivity contribution in [2.75, 3.05) is 5.32 Å². The molecule has 2 heterocycles. The van der Waals surface area contributed by atoms with Gasteiger partial charge in [0.05, 0.1) is 16.6 Å². The molecule has 1 N–H and O–H groups in total. The first kappa shape index (κ1) is 28.6. The van der Waals surface area contributed by atoms with E-state index in [9.17, 15) is 4.39 Å². The van der Waals surface area contributed by atoms with Crippen LogP contribution in [-0.4, -0.2) is 23.5 Å². The highest BCUT2D eigenvalue weighted by Gasteiger charge is 2.51. The van der Waals surface area contributed by atoms with Crippen LogP contribution in [0.25, 0.3) is 11.0 Å². The predicted octanol–water partition coefficient (Wildman–Crippen LogP) is 7.31. The Kier molecular flexibility index (Phi) is 10.1. The topological polar surface area (TPSA) is 56.5 Å². The van der Waals surface area contributed by atoms with E-state index in [1.165, 1.54) is 6.07 Å². The van der Waals surface area contributed by atoms with E-state index < -0.39 is 18.3 Å². The number of halogens is 2. The van der Waals surface area contributed by atoms with Gasteiger partial charge in [-0.3, -0.25) is 0 Å². The molecular formula is C27H35BClFN2O3. The summed E-state index contributed by atoms with van der Waals surface area (Å²) in [6.07, 6.45) is 5.58. The summed E-state index contributed by atoms with van der Waals surface area (Å²) >= 11 is 6.03. The van der Waals surface area contributed by atoms with Gasteiger partial charge in [-0.05, 0) is 64.3 Å². The molecule has 4 rings (SSSR count). The van der Waals surface area contributed by atoms with E-state index in [1.54, 1.807) is 30.3 Å². The zero-order valence-electron chi connectivity index (χ0n) is 21.6. The molecule has 0 radical (unpaired) electrons. The van der Waals surface area contributed by atoms with E-state index in [1.807, 2.05) is 66.7 Å². The molecule has 1 saturated heterocycles. The third-order valence-electron chi connectivity index (χ3n) is 5.81. The van der Waals surface area contributed by atoms with Gasteiger partial charge in [-0.25, -0.2) is 4.39 Å². The van der Waals surface area contributed by atoms with E-state index >= 15 is 0 Å². The molecule has 3 aromatic rings. The molecule has 35 heavy (non-hydrogen) atoms. The maximum absolute atomic E-state index is 14.7. The Morgan fingerprint density at radius 2 is 1.74 bits per heavy atom. The highest BCUT2D eigenvalue weighted by Crippen LogP contribution is 2.36. The van der Waals surface area contributed by atoms with Crippen LogP contribution < -0.4 is 10.8 Å². The summed E-state index contributed by atoms with van der Waals surface area (Å²) < 4.78 is 31.9. The Hall–Kier alpha value is -2.61. The smallest absolute Gasteiger partial charge is 0.399 e. The average Bonchev–Trinajstić information content (AvgIpc) is 3.31. The summed E-state index contributed by atoms with van der Waals surface area (Å²) in [6.45, 7) is 17.6. The predicted molar refractivity (Wildman–Crippen MR) is 145 cm³/mol. The van der Waals surface area contributed by atoms with Crippen LogP contribution in [0.15, 0.2) is 65.7 Å². The van der Waals surface area contributed by atoms with Crippen molar-refractivity contribution >= 4 is 41.0 Å². The first-order valence-corrected chi connectivity index (χ1v) is 12.1. The Morgan fingerprint density at radius 1 is 1.09 bits per heavy atom. The van der Waals surface area contributed by atoms with Crippen molar-refractivity contribution < 1.29 is 18.2 Å². The van der Waals surface area contributed by atoms with Gasteiger partial charge in [0.1, 0.15) is 5.82 Å². The van der Waals surface area contributed by atoms with Gasteiger partial charge >= 0.3 is 7.12 Å². The molecule has 0 atom stereocenters. The third-order valence-corrected chi connectivity index (χ3v) is 6.04. The molecule has 1 aromatic heterocycles. The lowest BCUT2D eigenvalue weighted by Crippen LogP contribution is -2.41. The summed E-state index contributed by atoms with van der Waals surface area (Å²) in [5, 5.41) is 8.42. The molecule has 0 saturated carbocycles. The van der Waals surface area contributed by atoms with Crippen LogP contribution in [0, 0.1) is 5.82 Å². The van der Waals surface area contributed by atoms with Gasteiger partial charge in [0.25, 0.3) is 0 Å². The summed E-state index contributed by atoms with van der Waals surface area (Å²) in [5.74, 6) is 0.178. The van der Waals surface area contributed by atoms with Gasteiger partial charge in [0, 0.05) is 17.1 Å².